The van der Waals surface area contributed by atoms with E-state index in [0.29, 0.717) is 6.54 Å². The van der Waals surface area contributed by atoms with Gasteiger partial charge < -0.3 is 10.1 Å². The Morgan fingerprint density at radius 1 is 1.35 bits per heavy atom. The average Bonchev–Trinajstić information content (AvgIpc) is 2.39. The van der Waals surface area contributed by atoms with Crippen LogP contribution in [0.2, 0.25) is 0 Å². The lowest BCUT2D eigenvalue weighted by Crippen LogP contribution is -2.33. The summed E-state index contributed by atoms with van der Waals surface area (Å²) in [5.74, 6) is 0.147. The van der Waals surface area contributed by atoms with Crippen LogP contribution in [0.1, 0.15) is 31.9 Å². The lowest BCUT2D eigenvalue weighted by atomic mass is 10.1. The van der Waals surface area contributed by atoms with Crippen molar-refractivity contribution < 1.29 is 9.53 Å². The second-order valence-electron chi connectivity index (χ2n) is 4.19. The number of carbonyl (C=O) groups excluding carboxylic acids is 1. The zero-order valence-electron chi connectivity index (χ0n) is 10.8. The number of carbonyl (C=O) groups is 1. The molecule has 3 nitrogen and oxygen atoms in total. The lowest BCUT2D eigenvalue weighted by molar-refractivity contribution is -0.125. The Balaban J connectivity index is 2.51. The molecule has 2 atom stereocenters. The second kappa shape index (κ2) is 7.07. The van der Waals surface area contributed by atoms with E-state index in [1.165, 1.54) is 0 Å². The fourth-order valence-electron chi connectivity index (χ4n) is 1.56. The summed E-state index contributed by atoms with van der Waals surface area (Å²) in [7, 11) is 1.66. The van der Waals surface area contributed by atoms with Gasteiger partial charge >= 0.3 is 0 Å². The van der Waals surface area contributed by atoms with Gasteiger partial charge in [-0.3, -0.25) is 4.79 Å². The number of benzene rings is 1. The number of hydrogen-bond acceptors (Lipinski definition) is 2. The van der Waals surface area contributed by atoms with E-state index in [9.17, 15) is 4.79 Å². The van der Waals surface area contributed by atoms with Gasteiger partial charge in [0.15, 0.2) is 0 Å². The Labute approximate surface area is 103 Å². The van der Waals surface area contributed by atoms with Crippen LogP contribution in [0, 0.1) is 5.92 Å². The molecule has 0 heterocycles. The summed E-state index contributed by atoms with van der Waals surface area (Å²) in [5, 5.41) is 2.92. The summed E-state index contributed by atoms with van der Waals surface area (Å²) in [5.41, 5.74) is 1.08. The van der Waals surface area contributed by atoms with Gasteiger partial charge in [0, 0.05) is 19.6 Å². The lowest BCUT2D eigenvalue weighted by Gasteiger charge is -2.18. The van der Waals surface area contributed by atoms with Crippen molar-refractivity contribution >= 4 is 5.91 Å². The van der Waals surface area contributed by atoms with Gasteiger partial charge in [0.1, 0.15) is 0 Å². The van der Waals surface area contributed by atoms with Crippen molar-refractivity contribution in [1.29, 1.82) is 0 Å². The minimum Gasteiger partial charge on any atom is -0.375 e. The van der Waals surface area contributed by atoms with E-state index in [2.05, 4.69) is 5.32 Å². The molecule has 0 saturated heterocycles. The van der Waals surface area contributed by atoms with Crippen molar-refractivity contribution in [3.05, 3.63) is 35.9 Å². The van der Waals surface area contributed by atoms with Crippen molar-refractivity contribution in [2.75, 3.05) is 13.7 Å². The van der Waals surface area contributed by atoms with Crippen LogP contribution in [0.15, 0.2) is 30.3 Å². The number of nitrogens with one attached hydrogen (secondary N) is 1. The zero-order chi connectivity index (χ0) is 12.7. The Kier molecular flexibility index (Phi) is 5.70. The Hall–Kier alpha value is -1.35. The first-order valence-corrected chi connectivity index (χ1v) is 6.04. The standard InChI is InChI=1S/C14H21NO2/c1-4-11(2)14(16)15-10-13(17-3)12-8-6-5-7-9-12/h5-9,11,13H,4,10H2,1-3H3,(H,15,16)/t11-,13+/m1/s1. The Morgan fingerprint density at radius 2 is 2.00 bits per heavy atom. The fourth-order valence-corrected chi connectivity index (χ4v) is 1.56. The van der Waals surface area contributed by atoms with Crippen LogP contribution in [0.3, 0.4) is 0 Å². The highest BCUT2D eigenvalue weighted by Gasteiger charge is 2.14. The van der Waals surface area contributed by atoms with Crippen LogP contribution in [-0.4, -0.2) is 19.6 Å². The molecule has 94 valence electrons. The monoisotopic (exact) mass is 235 g/mol. The Morgan fingerprint density at radius 3 is 2.53 bits per heavy atom. The molecule has 0 aliphatic rings. The number of hydrogen-bond donors (Lipinski definition) is 1. The van der Waals surface area contributed by atoms with Gasteiger partial charge in [0.25, 0.3) is 0 Å². The number of methoxy groups -OCH3 is 1. The first-order valence-electron chi connectivity index (χ1n) is 6.04. The maximum Gasteiger partial charge on any atom is 0.222 e. The highest BCUT2D eigenvalue weighted by atomic mass is 16.5. The molecule has 0 aliphatic heterocycles. The van der Waals surface area contributed by atoms with Gasteiger partial charge in [-0.15, -0.1) is 0 Å². The van der Waals surface area contributed by atoms with Crippen molar-refractivity contribution in [2.45, 2.75) is 26.4 Å². The molecule has 1 N–H and O–H groups in total. The summed E-state index contributed by atoms with van der Waals surface area (Å²) in [4.78, 5) is 11.7. The smallest absolute Gasteiger partial charge is 0.222 e. The quantitative estimate of drug-likeness (QED) is 0.823. The van der Waals surface area contributed by atoms with Crippen molar-refractivity contribution in [3.8, 4) is 0 Å². The van der Waals surface area contributed by atoms with E-state index in [1.807, 2.05) is 44.2 Å². The average molecular weight is 235 g/mol. The molecular weight excluding hydrogens is 214 g/mol. The van der Waals surface area contributed by atoms with E-state index in [4.69, 9.17) is 4.74 Å². The number of ether oxygens (including phenoxy) is 1. The summed E-state index contributed by atoms with van der Waals surface area (Å²) in [6.45, 7) is 4.46. The molecule has 1 aromatic carbocycles. The normalized spacial score (nSPS) is 14.1. The van der Waals surface area contributed by atoms with Crippen LogP contribution < -0.4 is 5.32 Å². The van der Waals surface area contributed by atoms with Gasteiger partial charge in [0.05, 0.1) is 6.10 Å². The van der Waals surface area contributed by atoms with Crippen molar-refractivity contribution in [1.82, 2.24) is 5.32 Å². The van der Waals surface area contributed by atoms with Crippen molar-refractivity contribution in [2.24, 2.45) is 5.92 Å². The van der Waals surface area contributed by atoms with Crippen molar-refractivity contribution in [3.63, 3.8) is 0 Å². The van der Waals surface area contributed by atoms with Crippen LogP contribution in [0.25, 0.3) is 0 Å². The molecule has 0 radical (unpaired) electrons. The van der Waals surface area contributed by atoms with E-state index in [1.54, 1.807) is 7.11 Å². The van der Waals surface area contributed by atoms with Gasteiger partial charge in [0.2, 0.25) is 5.91 Å². The summed E-state index contributed by atoms with van der Waals surface area (Å²) >= 11 is 0. The SMILES string of the molecule is CC[C@@H](C)C(=O)NC[C@H](OC)c1ccccc1. The van der Waals surface area contributed by atoms with Crippen LogP contribution >= 0.6 is 0 Å². The maximum absolute atomic E-state index is 11.7. The van der Waals surface area contributed by atoms with E-state index in [-0.39, 0.29) is 17.9 Å². The molecule has 0 spiro atoms. The molecule has 3 heteroatoms. The molecule has 1 aromatic rings. The third kappa shape index (κ3) is 4.19. The topological polar surface area (TPSA) is 38.3 Å². The fraction of sp³-hybridized carbons (Fsp3) is 0.500. The largest absolute Gasteiger partial charge is 0.375 e. The Bertz CT molecular complexity index is 337. The second-order valence-corrected chi connectivity index (χ2v) is 4.19. The molecule has 1 amide bonds. The molecule has 0 fully saturated rings. The predicted molar refractivity (Wildman–Crippen MR) is 68.7 cm³/mol. The number of rotatable bonds is 6. The van der Waals surface area contributed by atoms with Gasteiger partial charge in [-0.1, -0.05) is 44.2 Å². The minimum absolute atomic E-state index is 0.0586. The molecule has 0 saturated carbocycles. The summed E-state index contributed by atoms with van der Waals surface area (Å²) in [6.07, 6.45) is 0.777. The van der Waals surface area contributed by atoms with Gasteiger partial charge in [-0.25, -0.2) is 0 Å². The number of amides is 1. The van der Waals surface area contributed by atoms with Crippen LogP contribution in [0.5, 0.6) is 0 Å². The summed E-state index contributed by atoms with van der Waals surface area (Å²) < 4.78 is 5.39. The molecule has 0 bridgehead atoms. The van der Waals surface area contributed by atoms with E-state index >= 15 is 0 Å². The molecule has 0 unspecified atom stereocenters. The molecule has 0 aliphatic carbocycles. The van der Waals surface area contributed by atoms with Gasteiger partial charge in [-0.2, -0.15) is 0 Å². The molecule has 0 aromatic heterocycles. The zero-order valence-corrected chi connectivity index (χ0v) is 10.8. The highest BCUT2D eigenvalue weighted by Crippen LogP contribution is 2.15. The van der Waals surface area contributed by atoms with Gasteiger partial charge in [-0.05, 0) is 12.0 Å². The molecule has 1 rings (SSSR count). The predicted octanol–water partition coefficient (Wildman–Crippen LogP) is 2.54. The first kappa shape index (κ1) is 13.7. The van der Waals surface area contributed by atoms with Crippen LogP contribution in [0.4, 0.5) is 0 Å². The molecule has 17 heavy (non-hydrogen) atoms. The molecular formula is C14H21NO2. The van der Waals surface area contributed by atoms with E-state index in [0.717, 1.165) is 12.0 Å². The van der Waals surface area contributed by atoms with E-state index < -0.39 is 0 Å². The maximum atomic E-state index is 11.7. The summed E-state index contributed by atoms with van der Waals surface area (Å²) in [6, 6.07) is 9.91. The highest BCUT2D eigenvalue weighted by molar-refractivity contribution is 5.78. The van der Waals surface area contributed by atoms with Crippen LogP contribution in [-0.2, 0) is 9.53 Å². The third-order valence-corrected chi connectivity index (χ3v) is 2.98. The first-order chi connectivity index (χ1) is 8.19. The minimum atomic E-state index is -0.0794. The third-order valence-electron chi connectivity index (χ3n) is 2.98.